The van der Waals surface area contributed by atoms with Gasteiger partial charge in [0.2, 0.25) is 0 Å². The van der Waals surface area contributed by atoms with Crippen LogP contribution in [0.2, 0.25) is 0 Å². The molecule has 0 radical (unpaired) electrons. The van der Waals surface area contributed by atoms with Gasteiger partial charge in [-0.3, -0.25) is 4.68 Å². The highest BCUT2D eigenvalue weighted by Gasteiger charge is 1.99. The first-order valence-electron chi connectivity index (χ1n) is 4.50. The van der Waals surface area contributed by atoms with E-state index in [-0.39, 0.29) is 0 Å². The van der Waals surface area contributed by atoms with E-state index in [9.17, 15) is 0 Å². The van der Waals surface area contributed by atoms with E-state index in [4.69, 9.17) is 0 Å². The predicted octanol–water partition coefficient (Wildman–Crippen LogP) is 2.40. The van der Waals surface area contributed by atoms with Crippen molar-refractivity contribution in [2.24, 2.45) is 7.05 Å². The Kier molecular flexibility index (Phi) is 2.54. The summed E-state index contributed by atoms with van der Waals surface area (Å²) in [6.45, 7) is 2.95. The Hall–Kier alpha value is -1.29. The molecule has 0 aliphatic carbocycles. The highest BCUT2D eigenvalue weighted by molar-refractivity contribution is 7.08. The molecule has 74 valence electrons. The molecule has 4 heteroatoms. The van der Waals surface area contributed by atoms with E-state index < -0.39 is 0 Å². The molecule has 0 atom stereocenters. The second-order valence-corrected chi connectivity index (χ2v) is 4.09. The average molecular weight is 207 g/mol. The number of aromatic nitrogens is 2. The van der Waals surface area contributed by atoms with Crippen LogP contribution in [0.15, 0.2) is 23.2 Å². The fourth-order valence-electron chi connectivity index (χ4n) is 1.30. The maximum absolute atomic E-state index is 4.12. The minimum atomic E-state index is 0.839. The van der Waals surface area contributed by atoms with E-state index in [1.54, 1.807) is 11.3 Å². The number of nitrogens with one attached hydrogen (secondary N) is 1. The Morgan fingerprint density at radius 1 is 1.50 bits per heavy atom. The molecule has 0 aliphatic rings. The van der Waals surface area contributed by atoms with Crippen molar-refractivity contribution >= 4 is 17.0 Å². The summed E-state index contributed by atoms with van der Waals surface area (Å²) in [4.78, 5) is 0. The number of aryl methyl sites for hydroxylation is 2. The molecule has 2 aromatic rings. The minimum Gasteiger partial charge on any atom is -0.380 e. The zero-order valence-corrected chi connectivity index (χ0v) is 9.14. The molecule has 0 unspecified atom stereocenters. The molecule has 14 heavy (non-hydrogen) atoms. The van der Waals surface area contributed by atoms with Crippen LogP contribution in [0.25, 0.3) is 0 Å². The van der Waals surface area contributed by atoms with Gasteiger partial charge in [-0.15, -0.1) is 11.3 Å². The number of anilines is 1. The second kappa shape index (κ2) is 3.84. The van der Waals surface area contributed by atoms with Crippen LogP contribution < -0.4 is 5.32 Å². The third-order valence-corrected chi connectivity index (χ3v) is 2.96. The van der Waals surface area contributed by atoms with Gasteiger partial charge >= 0.3 is 0 Å². The van der Waals surface area contributed by atoms with Crippen LogP contribution in [0.1, 0.15) is 11.1 Å². The number of thiophene rings is 1. The van der Waals surface area contributed by atoms with Crippen LogP contribution in [0.5, 0.6) is 0 Å². The topological polar surface area (TPSA) is 29.9 Å². The lowest BCUT2D eigenvalue weighted by atomic mass is 10.3. The van der Waals surface area contributed by atoms with Crippen LogP contribution in [0, 0.1) is 6.92 Å². The molecule has 0 saturated carbocycles. The molecule has 0 aliphatic heterocycles. The molecule has 2 rings (SSSR count). The highest BCUT2D eigenvalue weighted by atomic mass is 32.1. The van der Waals surface area contributed by atoms with Gasteiger partial charge in [0.1, 0.15) is 0 Å². The van der Waals surface area contributed by atoms with Crippen molar-refractivity contribution in [3.05, 3.63) is 34.3 Å². The van der Waals surface area contributed by atoms with Gasteiger partial charge in [0, 0.05) is 36.4 Å². The van der Waals surface area contributed by atoms with Crippen LogP contribution >= 0.6 is 11.3 Å². The molecule has 0 saturated heterocycles. The summed E-state index contributed by atoms with van der Waals surface area (Å²) in [7, 11) is 1.93. The molecule has 0 spiro atoms. The zero-order valence-electron chi connectivity index (χ0n) is 8.32. The minimum absolute atomic E-state index is 0.839. The summed E-state index contributed by atoms with van der Waals surface area (Å²) in [6.07, 6.45) is 3.91. The maximum atomic E-state index is 4.12. The lowest BCUT2D eigenvalue weighted by Crippen LogP contribution is -1.98. The first kappa shape index (κ1) is 9.27. The first-order chi connectivity index (χ1) is 6.75. The summed E-state index contributed by atoms with van der Waals surface area (Å²) in [5.41, 5.74) is 3.73. The van der Waals surface area contributed by atoms with Gasteiger partial charge in [0.25, 0.3) is 0 Å². The molecule has 3 nitrogen and oxygen atoms in total. The number of hydrogen-bond acceptors (Lipinski definition) is 3. The molecule has 0 fully saturated rings. The smallest absolute Gasteiger partial charge is 0.0539 e. The van der Waals surface area contributed by atoms with E-state index in [1.807, 2.05) is 24.1 Å². The molecule has 0 bridgehead atoms. The fourth-order valence-corrected chi connectivity index (χ4v) is 2.11. The Labute approximate surface area is 87.4 Å². The Balaban J connectivity index is 1.98. The van der Waals surface area contributed by atoms with Crippen molar-refractivity contribution in [1.82, 2.24) is 9.78 Å². The van der Waals surface area contributed by atoms with E-state index in [0.717, 1.165) is 6.54 Å². The Morgan fingerprint density at radius 2 is 2.36 bits per heavy atom. The number of rotatable bonds is 3. The lowest BCUT2D eigenvalue weighted by molar-refractivity contribution is 0.767. The zero-order chi connectivity index (χ0) is 9.97. The first-order valence-corrected chi connectivity index (χ1v) is 5.44. The van der Waals surface area contributed by atoms with Crippen molar-refractivity contribution in [1.29, 1.82) is 0 Å². The van der Waals surface area contributed by atoms with Gasteiger partial charge in [-0.1, -0.05) is 0 Å². The van der Waals surface area contributed by atoms with Crippen molar-refractivity contribution < 1.29 is 0 Å². The monoisotopic (exact) mass is 207 g/mol. The fraction of sp³-hybridized carbons (Fsp3) is 0.300. The summed E-state index contributed by atoms with van der Waals surface area (Å²) >= 11 is 1.72. The predicted molar refractivity (Wildman–Crippen MR) is 59.6 cm³/mol. The Bertz CT molecular complexity index is 416. The van der Waals surface area contributed by atoms with E-state index in [0.29, 0.717) is 0 Å². The van der Waals surface area contributed by atoms with Gasteiger partial charge in [-0.25, -0.2) is 0 Å². The third-order valence-electron chi connectivity index (χ3n) is 2.10. The Morgan fingerprint density at radius 3 is 2.93 bits per heavy atom. The summed E-state index contributed by atoms with van der Waals surface area (Å²) in [5.74, 6) is 0. The van der Waals surface area contributed by atoms with Crippen molar-refractivity contribution in [3.8, 4) is 0 Å². The van der Waals surface area contributed by atoms with Crippen LogP contribution in [-0.4, -0.2) is 9.78 Å². The summed E-state index contributed by atoms with van der Waals surface area (Å²) in [5, 5.41) is 11.8. The van der Waals surface area contributed by atoms with Crippen LogP contribution in [0.4, 0.5) is 5.69 Å². The molecule has 2 aromatic heterocycles. The van der Waals surface area contributed by atoms with Crippen molar-refractivity contribution in [2.75, 3.05) is 5.32 Å². The molecule has 2 heterocycles. The molecular weight excluding hydrogens is 194 g/mol. The molecular formula is C10H13N3S. The van der Waals surface area contributed by atoms with Gasteiger partial charge < -0.3 is 5.32 Å². The largest absolute Gasteiger partial charge is 0.380 e. The van der Waals surface area contributed by atoms with Gasteiger partial charge in [-0.05, 0) is 17.9 Å². The molecule has 1 N–H and O–H groups in total. The van der Waals surface area contributed by atoms with E-state index in [2.05, 4.69) is 28.1 Å². The van der Waals surface area contributed by atoms with Gasteiger partial charge in [-0.2, -0.15) is 5.10 Å². The molecule has 0 amide bonds. The van der Waals surface area contributed by atoms with E-state index >= 15 is 0 Å². The standard InChI is InChI=1S/C10H13N3S/c1-8-6-14-7-10(8)11-3-9-4-12-13(2)5-9/h4-7,11H,3H2,1-2H3. The lowest BCUT2D eigenvalue weighted by Gasteiger charge is -2.02. The maximum Gasteiger partial charge on any atom is 0.0539 e. The second-order valence-electron chi connectivity index (χ2n) is 3.34. The van der Waals surface area contributed by atoms with Crippen molar-refractivity contribution in [2.45, 2.75) is 13.5 Å². The normalized spacial score (nSPS) is 10.4. The van der Waals surface area contributed by atoms with Crippen molar-refractivity contribution in [3.63, 3.8) is 0 Å². The quantitative estimate of drug-likeness (QED) is 0.837. The third kappa shape index (κ3) is 1.96. The average Bonchev–Trinajstić information content (AvgIpc) is 2.72. The molecule has 0 aromatic carbocycles. The van der Waals surface area contributed by atoms with E-state index in [1.165, 1.54) is 16.8 Å². The highest BCUT2D eigenvalue weighted by Crippen LogP contribution is 2.19. The van der Waals surface area contributed by atoms with Crippen LogP contribution in [-0.2, 0) is 13.6 Å². The number of nitrogens with zero attached hydrogens (tertiary/aromatic N) is 2. The number of hydrogen-bond donors (Lipinski definition) is 1. The van der Waals surface area contributed by atoms with Gasteiger partial charge in [0.05, 0.1) is 6.20 Å². The SMILES string of the molecule is Cc1cscc1NCc1cnn(C)c1. The van der Waals surface area contributed by atoms with Gasteiger partial charge in [0.15, 0.2) is 0 Å². The summed E-state index contributed by atoms with van der Waals surface area (Å²) in [6, 6.07) is 0. The summed E-state index contributed by atoms with van der Waals surface area (Å²) < 4.78 is 1.82. The van der Waals surface area contributed by atoms with Crippen LogP contribution in [0.3, 0.4) is 0 Å².